The Balaban J connectivity index is 1.79. The molecule has 1 fully saturated rings. The maximum Gasteiger partial charge on any atom is 0.513 e. The van der Waals surface area contributed by atoms with Gasteiger partial charge in [-0.3, -0.25) is 4.79 Å². The van der Waals surface area contributed by atoms with Gasteiger partial charge < -0.3 is 19.4 Å². The minimum atomic E-state index is -3.74. The van der Waals surface area contributed by atoms with Gasteiger partial charge in [0.25, 0.3) is 5.56 Å². The number of ether oxygens (including phenoxy) is 2. The molecule has 0 bridgehead atoms. The molecular formula is C20H23N3O6S. The summed E-state index contributed by atoms with van der Waals surface area (Å²) in [7, 11) is -3.74. The van der Waals surface area contributed by atoms with Crippen molar-refractivity contribution in [3.63, 3.8) is 0 Å². The predicted molar refractivity (Wildman–Crippen MR) is 111 cm³/mol. The van der Waals surface area contributed by atoms with Crippen LogP contribution in [0, 0.1) is 0 Å². The number of aromatic nitrogens is 2. The van der Waals surface area contributed by atoms with Gasteiger partial charge in [-0.2, -0.15) is 0 Å². The van der Waals surface area contributed by atoms with E-state index in [1.807, 2.05) is 0 Å². The van der Waals surface area contributed by atoms with Crippen molar-refractivity contribution < 1.29 is 22.7 Å². The van der Waals surface area contributed by atoms with Gasteiger partial charge in [-0.1, -0.05) is 19.3 Å². The molecule has 1 saturated carbocycles. The number of fused-ring (bicyclic) bond motifs is 3. The Bertz CT molecular complexity index is 1250. The highest BCUT2D eigenvalue weighted by Crippen LogP contribution is 2.32. The second kappa shape index (κ2) is 8.11. The van der Waals surface area contributed by atoms with Crippen molar-refractivity contribution in [2.45, 2.75) is 50.0 Å². The molecule has 0 amide bonds. The van der Waals surface area contributed by atoms with Gasteiger partial charge in [0.15, 0.2) is 5.75 Å². The number of carbonyl (C=O) groups excluding carboxylic acids is 1. The molecule has 3 N–H and O–H groups in total. The van der Waals surface area contributed by atoms with E-state index in [2.05, 4.69) is 14.7 Å². The summed E-state index contributed by atoms with van der Waals surface area (Å²) >= 11 is 0. The van der Waals surface area contributed by atoms with Crippen LogP contribution in [0.25, 0.3) is 21.8 Å². The first-order valence-corrected chi connectivity index (χ1v) is 11.4. The molecule has 0 spiro atoms. The molecular weight excluding hydrogens is 410 g/mol. The second-order valence-corrected chi connectivity index (χ2v) is 9.02. The molecule has 10 heteroatoms. The zero-order valence-corrected chi connectivity index (χ0v) is 17.3. The maximum absolute atomic E-state index is 12.9. The Hall–Kier alpha value is -2.85. The summed E-state index contributed by atoms with van der Waals surface area (Å²) in [5.74, 6) is 0.0920. The lowest BCUT2D eigenvalue weighted by molar-refractivity contribution is 0.105. The molecule has 0 aliphatic heterocycles. The summed E-state index contributed by atoms with van der Waals surface area (Å²) in [4.78, 5) is 29.7. The standard InChI is InChI=1S/C20H23N3O6S/c1-2-28-20(25)29-16-11-21-18-17(16)14-10-13(8-9-15(14)22-19(18)24)30(26,27)23-12-6-4-3-5-7-12/h8-12,21,23H,2-7H2,1H3,(H,22,24). The van der Waals surface area contributed by atoms with Crippen LogP contribution in [0.3, 0.4) is 0 Å². The first-order valence-electron chi connectivity index (χ1n) is 9.93. The van der Waals surface area contributed by atoms with E-state index in [1.54, 1.807) is 6.92 Å². The van der Waals surface area contributed by atoms with Gasteiger partial charge in [-0.15, -0.1) is 0 Å². The highest BCUT2D eigenvalue weighted by Gasteiger charge is 2.23. The topological polar surface area (TPSA) is 130 Å². The Morgan fingerprint density at radius 2 is 2.00 bits per heavy atom. The summed E-state index contributed by atoms with van der Waals surface area (Å²) in [6.07, 6.45) is 5.23. The van der Waals surface area contributed by atoms with Crippen LogP contribution in [0.5, 0.6) is 5.75 Å². The maximum atomic E-state index is 12.9. The first kappa shape index (κ1) is 20.4. The number of pyridine rings is 1. The van der Waals surface area contributed by atoms with Gasteiger partial charge in [0.05, 0.1) is 16.9 Å². The van der Waals surface area contributed by atoms with Crippen LogP contribution in [-0.2, 0) is 14.8 Å². The Morgan fingerprint density at radius 3 is 2.73 bits per heavy atom. The third-order valence-electron chi connectivity index (χ3n) is 5.27. The minimum absolute atomic E-state index is 0.0787. The van der Waals surface area contributed by atoms with Crippen LogP contribution >= 0.6 is 0 Å². The van der Waals surface area contributed by atoms with Gasteiger partial charge in [0, 0.05) is 23.1 Å². The molecule has 9 nitrogen and oxygen atoms in total. The Morgan fingerprint density at radius 1 is 1.23 bits per heavy atom. The van der Waals surface area contributed by atoms with Crippen molar-refractivity contribution in [1.29, 1.82) is 0 Å². The van der Waals surface area contributed by atoms with Crippen molar-refractivity contribution in [2.24, 2.45) is 0 Å². The lowest BCUT2D eigenvalue weighted by atomic mass is 9.96. The normalized spacial score (nSPS) is 15.5. The molecule has 0 unspecified atom stereocenters. The van der Waals surface area contributed by atoms with E-state index in [0.29, 0.717) is 16.3 Å². The Labute approximate surface area is 172 Å². The number of aromatic amines is 2. The average molecular weight is 433 g/mol. The zero-order valence-electron chi connectivity index (χ0n) is 16.5. The third kappa shape index (κ3) is 3.92. The number of sulfonamides is 1. The van der Waals surface area contributed by atoms with Crippen LogP contribution in [0.2, 0.25) is 0 Å². The van der Waals surface area contributed by atoms with Gasteiger partial charge in [0.2, 0.25) is 10.0 Å². The van der Waals surface area contributed by atoms with Crippen molar-refractivity contribution in [2.75, 3.05) is 6.61 Å². The number of rotatable bonds is 5. The molecule has 2 heterocycles. The largest absolute Gasteiger partial charge is 0.513 e. The smallest absolute Gasteiger partial charge is 0.434 e. The van der Waals surface area contributed by atoms with Gasteiger partial charge in [-0.25, -0.2) is 17.9 Å². The number of hydrogen-bond acceptors (Lipinski definition) is 6. The molecule has 0 saturated heterocycles. The van der Waals surface area contributed by atoms with Crippen molar-refractivity contribution in [3.05, 3.63) is 34.7 Å². The summed E-state index contributed by atoms with van der Waals surface area (Å²) in [5, 5.41) is 0.758. The molecule has 160 valence electrons. The van der Waals surface area contributed by atoms with E-state index in [-0.39, 0.29) is 28.8 Å². The van der Waals surface area contributed by atoms with Crippen LogP contribution in [-0.4, -0.2) is 37.2 Å². The number of carbonyl (C=O) groups is 1. The molecule has 30 heavy (non-hydrogen) atoms. The molecule has 1 aliphatic carbocycles. The summed E-state index contributed by atoms with van der Waals surface area (Å²) in [6.45, 7) is 1.78. The van der Waals surface area contributed by atoms with E-state index in [4.69, 9.17) is 9.47 Å². The first-order chi connectivity index (χ1) is 14.4. The highest BCUT2D eigenvalue weighted by molar-refractivity contribution is 7.89. The van der Waals surface area contributed by atoms with E-state index < -0.39 is 21.7 Å². The quantitative estimate of drug-likeness (QED) is 0.530. The SMILES string of the molecule is CCOC(=O)Oc1c[nH]c2c(=O)[nH]c3ccc(S(=O)(=O)NC4CCCCC4)cc3c12. The predicted octanol–water partition coefficient (Wildman–Crippen LogP) is 3.16. The molecule has 4 rings (SSSR count). The monoisotopic (exact) mass is 433 g/mol. The summed E-state index contributed by atoms with van der Waals surface area (Å²) < 4.78 is 38.7. The van der Waals surface area contributed by atoms with Gasteiger partial charge in [0.1, 0.15) is 5.52 Å². The fourth-order valence-electron chi connectivity index (χ4n) is 3.87. The number of nitrogens with one attached hydrogen (secondary N) is 3. The van der Waals surface area contributed by atoms with Crippen molar-refractivity contribution in [1.82, 2.24) is 14.7 Å². The molecule has 3 aromatic rings. The van der Waals surface area contributed by atoms with E-state index in [1.165, 1.54) is 24.4 Å². The number of H-pyrrole nitrogens is 2. The zero-order chi connectivity index (χ0) is 21.3. The van der Waals surface area contributed by atoms with Crippen LogP contribution < -0.4 is 15.0 Å². The fourth-order valence-corrected chi connectivity index (χ4v) is 5.20. The Kier molecular flexibility index (Phi) is 5.52. The molecule has 0 atom stereocenters. The second-order valence-electron chi connectivity index (χ2n) is 7.31. The van der Waals surface area contributed by atoms with Crippen LogP contribution in [0.15, 0.2) is 34.1 Å². The lowest BCUT2D eigenvalue weighted by Gasteiger charge is -2.22. The van der Waals surface area contributed by atoms with Gasteiger partial charge in [-0.05, 0) is 38.0 Å². The number of hydrogen-bond donors (Lipinski definition) is 3. The molecule has 1 aromatic carbocycles. The van der Waals surface area contributed by atoms with Crippen LogP contribution in [0.1, 0.15) is 39.0 Å². The lowest BCUT2D eigenvalue weighted by Crippen LogP contribution is -2.36. The summed E-state index contributed by atoms with van der Waals surface area (Å²) in [6, 6.07) is 4.38. The van der Waals surface area contributed by atoms with Crippen LogP contribution in [0.4, 0.5) is 4.79 Å². The number of benzene rings is 1. The van der Waals surface area contributed by atoms with E-state index in [9.17, 15) is 18.0 Å². The van der Waals surface area contributed by atoms with Gasteiger partial charge >= 0.3 is 6.16 Å². The highest BCUT2D eigenvalue weighted by atomic mass is 32.2. The summed E-state index contributed by atoms with van der Waals surface area (Å²) in [5.41, 5.74) is 0.196. The van der Waals surface area contributed by atoms with Crippen molar-refractivity contribution in [3.8, 4) is 5.75 Å². The molecule has 2 aromatic heterocycles. The molecule has 1 aliphatic rings. The average Bonchev–Trinajstić information content (AvgIpc) is 3.13. The third-order valence-corrected chi connectivity index (χ3v) is 6.79. The van der Waals surface area contributed by atoms with Crippen molar-refractivity contribution >= 4 is 38.0 Å². The fraction of sp³-hybridized carbons (Fsp3) is 0.400. The van der Waals surface area contributed by atoms with E-state index >= 15 is 0 Å². The van der Waals surface area contributed by atoms with E-state index in [0.717, 1.165) is 32.1 Å². The molecule has 0 radical (unpaired) electrons. The minimum Gasteiger partial charge on any atom is -0.434 e.